The van der Waals surface area contributed by atoms with Gasteiger partial charge in [-0.15, -0.1) is 0 Å². The zero-order valence-corrected chi connectivity index (χ0v) is 9.95. The van der Waals surface area contributed by atoms with Crippen molar-refractivity contribution in [1.29, 1.82) is 0 Å². The Morgan fingerprint density at radius 2 is 2.25 bits per heavy atom. The van der Waals surface area contributed by atoms with Gasteiger partial charge >= 0.3 is 0 Å². The normalized spacial score (nSPS) is 10.9. The van der Waals surface area contributed by atoms with Crippen LogP contribution in [0, 0.1) is 13.8 Å². The summed E-state index contributed by atoms with van der Waals surface area (Å²) in [5, 5.41) is 7.34. The molecule has 2 heterocycles. The van der Waals surface area contributed by atoms with Gasteiger partial charge in [0.15, 0.2) is 0 Å². The first-order valence-electron chi connectivity index (χ1n) is 5.41. The SMILES string of the molecule is CNCc1cc(Cn2cc(C)cn2)c(C)o1. The molecule has 0 aliphatic carbocycles. The van der Waals surface area contributed by atoms with E-state index >= 15 is 0 Å². The van der Waals surface area contributed by atoms with Crippen LogP contribution in [0.5, 0.6) is 0 Å². The Hall–Kier alpha value is -1.55. The van der Waals surface area contributed by atoms with Crippen molar-refractivity contribution in [2.75, 3.05) is 7.05 Å². The second-order valence-electron chi connectivity index (χ2n) is 4.04. The maximum absolute atomic E-state index is 5.63. The monoisotopic (exact) mass is 219 g/mol. The number of hydrogen-bond donors (Lipinski definition) is 1. The minimum atomic E-state index is 0.763. The van der Waals surface area contributed by atoms with Crippen LogP contribution in [0.4, 0.5) is 0 Å². The molecule has 0 aliphatic rings. The summed E-state index contributed by atoms with van der Waals surface area (Å²) in [7, 11) is 1.91. The standard InChI is InChI=1S/C12H17N3O/c1-9-5-14-15(7-9)8-11-4-12(6-13-3)16-10(11)2/h4-5,7,13H,6,8H2,1-3H3. The third-order valence-corrected chi connectivity index (χ3v) is 2.52. The second-order valence-corrected chi connectivity index (χ2v) is 4.04. The lowest BCUT2D eigenvalue weighted by Crippen LogP contribution is -2.03. The number of nitrogens with zero attached hydrogens (tertiary/aromatic N) is 2. The summed E-state index contributed by atoms with van der Waals surface area (Å²) >= 11 is 0. The van der Waals surface area contributed by atoms with Crippen LogP contribution in [0.3, 0.4) is 0 Å². The summed E-state index contributed by atoms with van der Waals surface area (Å²) in [6.07, 6.45) is 3.90. The predicted molar refractivity (Wildman–Crippen MR) is 62.3 cm³/mol. The molecule has 2 aromatic rings. The van der Waals surface area contributed by atoms with E-state index < -0.39 is 0 Å². The first-order chi connectivity index (χ1) is 7.69. The minimum absolute atomic E-state index is 0.763. The van der Waals surface area contributed by atoms with Gasteiger partial charge in [0, 0.05) is 11.8 Å². The van der Waals surface area contributed by atoms with Gasteiger partial charge in [0.05, 0.1) is 19.3 Å². The molecule has 16 heavy (non-hydrogen) atoms. The molecule has 4 heteroatoms. The van der Waals surface area contributed by atoms with Gasteiger partial charge in [0.1, 0.15) is 11.5 Å². The van der Waals surface area contributed by atoms with E-state index in [0.29, 0.717) is 0 Å². The largest absolute Gasteiger partial charge is 0.465 e. The van der Waals surface area contributed by atoms with E-state index in [1.807, 2.05) is 38.0 Å². The molecule has 4 nitrogen and oxygen atoms in total. The van der Waals surface area contributed by atoms with Crippen LogP contribution in [0.15, 0.2) is 22.9 Å². The number of nitrogens with one attached hydrogen (secondary N) is 1. The first-order valence-corrected chi connectivity index (χ1v) is 5.41. The van der Waals surface area contributed by atoms with Crippen molar-refractivity contribution in [3.63, 3.8) is 0 Å². The van der Waals surface area contributed by atoms with Gasteiger partial charge < -0.3 is 9.73 Å². The quantitative estimate of drug-likeness (QED) is 0.853. The van der Waals surface area contributed by atoms with E-state index in [1.54, 1.807) is 0 Å². The molecule has 2 aromatic heterocycles. The van der Waals surface area contributed by atoms with Crippen LogP contribution in [-0.2, 0) is 13.1 Å². The van der Waals surface area contributed by atoms with E-state index in [1.165, 1.54) is 11.1 Å². The highest BCUT2D eigenvalue weighted by Crippen LogP contribution is 2.15. The third kappa shape index (κ3) is 2.33. The number of aryl methyl sites for hydroxylation is 2. The number of furan rings is 1. The number of rotatable bonds is 4. The Labute approximate surface area is 95.3 Å². The molecule has 0 saturated carbocycles. The lowest BCUT2D eigenvalue weighted by atomic mass is 10.2. The molecule has 2 rings (SSSR count). The summed E-state index contributed by atoms with van der Waals surface area (Å²) < 4.78 is 7.56. The van der Waals surface area contributed by atoms with Crippen molar-refractivity contribution in [3.8, 4) is 0 Å². The topological polar surface area (TPSA) is 43.0 Å². The van der Waals surface area contributed by atoms with Crippen LogP contribution in [0.25, 0.3) is 0 Å². The molecule has 0 aromatic carbocycles. The lowest BCUT2D eigenvalue weighted by molar-refractivity contribution is 0.468. The van der Waals surface area contributed by atoms with Gasteiger partial charge in [0.2, 0.25) is 0 Å². The molecule has 0 atom stereocenters. The fraction of sp³-hybridized carbons (Fsp3) is 0.417. The summed E-state index contributed by atoms with van der Waals surface area (Å²) in [5.74, 6) is 1.94. The van der Waals surface area contributed by atoms with Crippen LogP contribution in [-0.4, -0.2) is 16.8 Å². The molecular weight excluding hydrogens is 202 g/mol. The molecular formula is C12H17N3O. The molecule has 0 saturated heterocycles. The summed E-state index contributed by atoms with van der Waals surface area (Å²) in [5.41, 5.74) is 2.37. The summed E-state index contributed by atoms with van der Waals surface area (Å²) in [4.78, 5) is 0. The highest BCUT2D eigenvalue weighted by atomic mass is 16.3. The molecule has 0 unspecified atom stereocenters. The van der Waals surface area contributed by atoms with Gasteiger partial charge in [-0.1, -0.05) is 0 Å². The Bertz CT molecular complexity index is 470. The van der Waals surface area contributed by atoms with Gasteiger partial charge in [-0.05, 0) is 32.5 Å². The van der Waals surface area contributed by atoms with Crippen molar-refractivity contribution < 1.29 is 4.42 Å². The Balaban J connectivity index is 2.14. The molecule has 0 radical (unpaired) electrons. The van der Waals surface area contributed by atoms with E-state index in [2.05, 4.69) is 16.5 Å². The summed E-state index contributed by atoms with van der Waals surface area (Å²) in [6.45, 7) is 5.56. The van der Waals surface area contributed by atoms with Crippen LogP contribution in [0.1, 0.15) is 22.6 Å². The van der Waals surface area contributed by atoms with Crippen molar-refractivity contribution in [1.82, 2.24) is 15.1 Å². The maximum atomic E-state index is 5.63. The van der Waals surface area contributed by atoms with Gasteiger partial charge in [-0.2, -0.15) is 5.10 Å². The highest BCUT2D eigenvalue weighted by molar-refractivity contribution is 5.21. The molecule has 0 fully saturated rings. The molecule has 86 valence electrons. The number of aromatic nitrogens is 2. The minimum Gasteiger partial charge on any atom is -0.465 e. The fourth-order valence-electron chi connectivity index (χ4n) is 1.73. The summed E-state index contributed by atoms with van der Waals surface area (Å²) in [6, 6.07) is 2.09. The Morgan fingerprint density at radius 3 is 2.88 bits per heavy atom. The fourth-order valence-corrected chi connectivity index (χ4v) is 1.73. The van der Waals surface area contributed by atoms with Gasteiger partial charge in [-0.3, -0.25) is 4.68 Å². The van der Waals surface area contributed by atoms with E-state index in [9.17, 15) is 0 Å². The van der Waals surface area contributed by atoms with Crippen LogP contribution in [0.2, 0.25) is 0 Å². The molecule has 0 amide bonds. The first kappa shape index (κ1) is 11.0. The van der Waals surface area contributed by atoms with E-state index in [-0.39, 0.29) is 0 Å². The second kappa shape index (κ2) is 4.53. The van der Waals surface area contributed by atoms with Crippen molar-refractivity contribution in [2.24, 2.45) is 0 Å². The molecule has 0 bridgehead atoms. The van der Waals surface area contributed by atoms with Crippen molar-refractivity contribution in [2.45, 2.75) is 26.9 Å². The van der Waals surface area contributed by atoms with E-state index in [0.717, 1.165) is 24.6 Å². The predicted octanol–water partition coefficient (Wildman–Crippen LogP) is 1.86. The Kier molecular flexibility index (Phi) is 3.10. The molecule has 0 spiro atoms. The van der Waals surface area contributed by atoms with Gasteiger partial charge in [-0.25, -0.2) is 0 Å². The lowest BCUT2D eigenvalue weighted by Gasteiger charge is -1.98. The van der Waals surface area contributed by atoms with Crippen LogP contribution < -0.4 is 5.32 Å². The smallest absolute Gasteiger partial charge is 0.118 e. The maximum Gasteiger partial charge on any atom is 0.118 e. The zero-order valence-electron chi connectivity index (χ0n) is 9.95. The van der Waals surface area contributed by atoms with Gasteiger partial charge in [0.25, 0.3) is 0 Å². The zero-order chi connectivity index (χ0) is 11.5. The number of hydrogen-bond acceptors (Lipinski definition) is 3. The van der Waals surface area contributed by atoms with Crippen molar-refractivity contribution in [3.05, 3.63) is 41.1 Å². The molecule has 0 aliphatic heterocycles. The third-order valence-electron chi connectivity index (χ3n) is 2.52. The highest BCUT2D eigenvalue weighted by Gasteiger charge is 2.07. The van der Waals surface area contributed by atoms with Crippen molar-refractivity contribution >= 4 is 0 Å². The average molecular weight is 219 g/mol. The van der Waals surface area contributed by atoms with E-state index in [4.69, 9.17) is 4.42 Å². The Morgan fingerprint density at radius 1 is 1.44 bits per heavy atom. The van der Waals surface area contributed by atoms with Crippen LogP contribution >= 0.6 is 0 Å². The molecule has 1 N–H and O–H groups in total. The average Bonchev–Trinajstić information content (AvgIpc) is 2.76.